The third-order valence-electron chi connectivity index (χ3n) is 6.13. The number of imide groups is 1. The molecule has 0 saturated carbocycles. The number of nitrogens with zero attached hydrogens (tertiary/aromatic N) is 3. The summed E-state index contributed by atoms with van der Waals surface area (Å²) in [5, 5.41) is 2.25. The fourth-order valence-corrected chi connectivity index (χ4v) is 5.04. The van der Waals surface area contributed by atoms with Gasteiger partial charge in [0.15, 0.2) is 0 Å². The molecule has 158 valence electrons. The number of methoxy groups -OCH3 is 1. The van der Waals surface area contributed by atoms with Gasteiger partial charge in [-0.05, 0) is 36.8 Å². The van der Waals surface area contributed by atoms with E-state index in [0.717, 1.165) is 0 Å². The Morgan fingerprint density at radius 3 is 2.56 bits per heavy atom. The van der Waals surface area contributed by atoms with Crippen LogP contribution in [0.3, 0.4) is 0 Å². The van der Waals surface area contributed by atoms with Gasteiger partial charge in [-0.3, -0.25) is 23.7 Å². The van der Waals surface area contributed by atoms with Crippen LogP contribution in [0.2, 0.25) is 5.02 Å². The number of aromatic nitrogens is 2. The van der Waals surface area contributed by atoms with E-state index in [4.69, 9.17) is 16.3 Å². The maximum atomic E-state index is 13.5. The van der Waals surface area contributed by atoms with Crippen LogP contribution in [0.1, 0.15) is 27.1 Å². The summed E-state index contributed by atoms with van der Waals surface area (Å²) >= 11 is 6.71. The number of fused-ring (bicyclic) bond motifs is 4. The second-order valence-electron chi connectivity index (χ2n) is 7.86. The molecule has 5 aromatic rings. The van der Waals surface area contributed by atoms with Crippen molar-refractivity contribution < 1.29 is 14.3 Å². The lowest BCUT2D eigenvalue weighted by Crippen LogP contribution is -2.41. The number of ether oxygens (including phenoxy) is 1. The quantitative estimate of drug-likeness (QED) is 0.310. The number of pyridine rings is 1. The van der Waals surface area contributed by atoms with E-state index in [-0.39, 0.29) is 18.0 Å². The Labute approximate surface area is 186 Å². The van der Waals surface area contributed by atoms with E-state index in [0.29, 0.717) is 67.4 Å². The van der Waals surface area contributed by atoms with Gasteiger partial charge in [-0.2, -0.15) is 0 Å². The number of carbonyl (C=O) groups excluding carboxylic acids is 2. The van der Waals surface area contributed by atoms with Gasteiger partial charge in [0.2, 0.25) is 0 Å². The molecular weight excluding hydrogens is 430 g/mol. The second-order valence-corrected chi connectivity index (χ2v) is 8.27. The summed E-state index contributed by atoms with van der Waals surface area (Å²) in [6.45, 7) is 0.672. The second kappa shape index (κ2) is 6.72. The van der Waals surface area contributed by atoms with Crippen molar-refractivity contribution in [1.82, 2.24) is 14.3 Å². The lowest BCUT2D eigenvalue weighted by molar-refractivity contribution is 0.0595. The first-order valence-electron chi connectivity index (χ1n) is 10.2. The average molecular weight is 446 g/mol. The Kier molecular flexibility index (Phi) is 4.02. The van der Waals surface area contributed by atoms with Gasteiger partial charge in [0.05, 0.1) is 21.6 Å². The molecule has 6 rings (SSSR count). The summed E-state index contributed by atoms with van der Waals surface area (Å²) < 4.78 is 6.60. The number of imidazole rings is 1. The summed E-state index contributed by atoms with van der Waals surface area (Å²) in [4.78, 5) is 45.8. The molecule has 0 N–H and O–H groups in total. The molecule has 1 aliphatic heterocycles. The van der Waals surface area contributed by atoms with Crippen LogP contribution < -0.4 is 5.56 Å². The average Bonchev–Trinajstić information content (AvgIpc) is 3.18. The molecule has 2 amide bonds. The van der Waals surface area contributed by atoms with E-state index in [1.807, 2.05) is 24.3 Å². The van der Waals surface area contributed by atoms with Crippen LogP contribution in [-0.4, -0.2) is 46.4 Å². The van der Waals surface area contributed by atoms with Gasteiger partial charge in [0, 0.05) is 47.4 Å². The smallest absolute Gasteiger partial charge is 0.264 e. The molecule has 7 nitrogen and oxygen atoms in total. The summed E-state index contributed by atoms with van der Waals surface area (Å²) in [5.41, 5.74) is 2.20. The number of amides is 2. The van der Waals surface area contributed by atoms with Gasteiger partial charge >= 0.3 is 0 Å². The van der Waals surface area contributed by atoms with E-state index in [2.05, 4.69) is 4.98 Å². The Balaban J connectivity index is 1.74. The van der Waals surface area contributed by atoms with Crippen molar-refractivity contribution in [2.45, 2.75) is 6.42 Å². The largest absolute Gasteiger partial charge is 0.385 e. The summed E-state index contributed by atoms with van der Waals surface area (Å²) in [7, 11) is 1.57. The van der Waals surface area contributed by atoms with Crippen LogP contribution >= 0.6 is 11.6 Å². The van der Waals surface area contributed by atoms with Crippen molar-refractivity contribution in [2.24, 2.45) is 0 Å². The first-order valence-corrected chi connectivity index (χ1v) is 10.6. The zero-order valence-corrected chi connectivity index (χ0v) is 17.8. The van der Waals surface area contributed by atoms with Gasteiger partial charge in [-0.15, -0.1) is 0 Å². The molecule has 0 spiro atoms. The highest BCUT2D eigenvalue weighted by Crippen LogP contribution is 2.40. The third-order valence-corrected chi connectivity index (χ3v) is 6.43. The van der Waals surface area contributed by atoms with Crippen molar-refractivity contribution in [3.63, 3.8) is 0 Å². The van der Waals surface area contributed by atoms with Crippen molar-refractivity contribution in [3.05, 3.63) is 69.0 Å². The molecular formula is C24H16ClN3O4. The summed E-state index contributed by atoms with van der Waals surface area (Å²) in [5.74, 6) is -0.805. The Morgan fingerprint density at radius 2 is 1.75 bits per heavy atom. The summed E-state index contributed by atoms with van der Waals surface area (Å²) in [6, 6.07) is 12.2. The number of rotatable bonds is 4. The Hall–Kier alpha value is -3.55. The zero-order valence-electron chi connectivity index (χ0n) is 17.0. The third kappa shape index (κ3) is 2.35. The summed E-state index contributed by atoms with van der Waals surface area (Å²) in [6.07, 6.45) is 0.527. The van der Waals surface area contributed by atoms with Crippen molar-refractivity contribution >= 4 is 61.6 Å². The first-order chi connectivity index (χ1) is 15.5. The van der Waals surface area contributed by atoms with Gasteiger partial charge in [0.25, 0.3) is 17.4 Å². The highest BCUT2D eigenvalue weighted by atomic mass is 35.5. The molecule has 0 radical (unpaired) electrons. The van der Waals surface area contributed by atoms with Crippen molar-refractivity contribution in [1.29, 1.82) is 0 Å². The molecule has 0 fully saturated rings. The van der Waals surface area contributed by atoms with Gasteiger partial charge < -0.3 is 4.74 Å². The SMILES string of the molecule is COCCCN1C(=O)c2ccc3c(=O)n4c5ccccc5nc4c4c(Cl)cc(c2c34)C1=O. The number of carbonyl (C=O) groups is 2. The van der Waals surface area contributed by atoms with Crippen LogP contribution in [0.4, 0.5) is 0 Å². The van der Waals surface area contributed by atoms with Crippen molar-refractivity contribution in [2.75, 3.05) is 20.3 Å². The predicted octanol–water partition coefficient (Wildman–Crippen LogP) is 3.88. The monoisotopic (exact) mass is 445 g/mol. The highest BCUT2D eigenvalue weighted by molar-refractivity contribution is 6.42. The maximum absolute atomic E-state index is 13.5. The topological polar surface area (TPSA) is 81.0 Å². The van der Waals surface area contributed by atoms with Crippen LogP contribution in [0, 0.1) is 0 Å². The fourth-order valence-electron chi connectivity index (χ4n) is 4.75. The Bertz CT molecular complexity index is 1670. The van der Waals surface area contributed by atoms with Crippen LogP contribution in [0.15, 0.2) is 47.3 Å². The highest BCUT2D eigenvalue weighted by Gasteiger charge is 2.35. The lowest BCUT2D eigenvalue weighted by Gasteiger charge is -2.28. The lowest BCUT2D eigenvalue weighted by atomic mass is 9.90. The molecule has 0 atom stereocenters. The fraction of sp³-hybridized carbons (Fsp3) is 0.167. The minimum absolute atomic E-state index is 0.238. The molecule has 0 saturated heterocycles. The van der Waals surface area contributed by atoms with Crippen molar-refractivity contribution in [3.8, 4) is 0 Å². The molecule has 0 aliphatic carbocycles. The number of hydrogen-bond acceptors (Lipinski definition) is 5. The van der Waals surface area contributed by atoms with Crippen LogP contribution in [0.25, 0.3) is 38.2 Å². The predicted molar refractivity (Wildman–Crippen MR) is 122 cm³/mol. The molecule has 0 unspecified atom stereocenters. The minimum Gasteiger partial charge on any atom is -0.385 e. The standard InChI is InChI=1S/C24H16ClN3O4/c1-32-10-4-9-27-22(29)12-7-8-13-19-18(12)14(23(27)30)11-15(25)20(19)21-26-16-5-2-3-6-17(16)28(21)24(13)31/h2-3,5-8,11H,4,9-10H2,1H3. The van der Waals surface area contributed by atoms with Crippen LogP contribution in [0.5, 0.6) is 0 Å². The molecule has 3 heterocycles. The normalized spacial score (nSPS) is 14.0. The van der Waals surface area contributed by atoms with Crippen LogP contribution in [-0.2, 0) is 4.74 Å². The van der Waals surface area contributed by atoms with Gasteiger partial charge in [-0.25, -0.2) is 4.98 Å². The molecule has 3 aromatic carbocycles. The van der Waals surface area contributed by atoms with E-state index in [1.54, 1.807) is 29.7 Å². The minimum atomic E-state index is -0.421. The number of para-hydroxylation sites is 2. The van der Waals surface area contributed by atoms with E-state index in [9.17, 15) is 14.4 Å². The molecule has 0 bridgehead atoms. The number of halogens is 1. The molecule has 2 aromatic heterocycles. The van der Waals surface area contributed by atoms with E-state index >= 15 is 0 Å². The van der Waals surface area contributed by atoms with E-state index in [1.165, 1.54) is 4.90 Å². The van der Waals surface area contributed by atoms with E-state index < -0.39 is 5.91 Å². The first kappa shape index (κ1) is 19.2. The molecule has 1 aliphatic rings. The molecule has 8 heteroatoms. The van der Waals surface area contributed by atoms with Gasteiger partial charge in [-0.1, -0.05) is 23.7 Å². The maximum Gasteiger partial charge on any atom is 0.264 e. The Morgan fingerprint density at radius 1 is 0.969 bits per heavy atom. The zero-order chi connectivity index (χ0) is 22.1. The number of benzene rings is 3. The molecule has 32 heavy (non-hydrogen) atoms. The number of hydrogen-bond donors (Lipinski definition) is 0. The van der Waals surface area contributed by atoms with Gasteiger partial charge in [0.1, 0.15) is 5.65 Å².